The molecule has 0 heterocycles. The smallest absolute Gasteiger partial charge is 0.0628 e. The van der Waals surface area contributed by atoms with Crippen LogP contribution in [0.1, 0.15) is 67.2 Å². The summed E-state index contributed by atoms with van der Waals surface area (Å²) in [4.78, 5) is 0. The molecule has 0 aromatic carbocycles. The zero-order valence-corrected chi connectivity index (χ0v) is 13.7. The second kappa shape index (κ2) is 9.73. The Hall–Kier alpha value is -0.120. The van der Waals surface area contributed by atoms with Crippen LogP contribution in [-0.2, 0) is 9.47 Å². The fourth-order valence-corrected chi connectivity index (χ4v) is 2.07. The minimum Gasteiger partial charge on any atom is -0.396 e. The molecule has 0 amide bonds. The third-order valence-corrected chi connectivity index (χ3v) is 3.12. The third-order valence-electron chi connectivity index (χ3n) is 3.12. The molecule has 19 heavy (non-hydrogen) atoms. The van der Waals surface area contributed by atoms with Crippen LogP contribution in [0.3, 0.4) is 0 Å². The molecule has 2 atom stereocenters. The van der Waals surface area contributed by atoms with Crippen LogP contribution >= 0.6 is 0 Å². The van der Waals surface area contributed by atoms with E-state index in [1.165, 1.54) is 0 Å². The predicted molar refractivity (Wildman–Crippen MR) is 80.4 cm³/mol. The van der Waals surface area contributed by atoms with Gasteiger partial charge in [0.1, 0.15) is 0 Å². The summed E-state index contributed by atoms with van der Waals surface area (Å²) in [5, 5.41) is 8.90. The van der Waals surface area contributed by atoms with E-state index in [1.54, 1.807) is 0 Å². The number of aliphatic hydroxyl groups excluding tert-OH is 1. The number of hydrogen-bond donors (Lipinski definition) is 1. The molecule has 0 aliphatic heterocycles. The highest BCUT2D eigenvalue weighted by Crippen LogP contribution is 2.22. The first-order valence-electron chi connectivity index (χ1n) is 7.70. The SMILES string of the molecule is CC[C@@H](COC(C)(C)C)C(CCCCO)OC(C)C. The van der Waals surface area contributed by atoms with Gasteiger partial charge in [-0.3, -0.25) is 0 Å². The first-order chi connectivity index (χ1) is 8.80. The first-order valence-corrected chi connectivity index (χ1v) is 7.70. The van der Waals surface area contributed by atoms with Gasteiger partial charge in [0, 0.05) is 12.5 Å². The maximum atomic E-state index is 8.90. The molecule has 0 spiro atoms. The Bertz CT molecular complexity index is 209. The van der Waals surface area contributed by atoms with E-state index >= 15 is 0 Å². The lowest BCUT2D eigenvalue weighted by Gasteiger charge is -2.31. The zero-order chi connectivity index (χ0) is 14.9. The zero-order valence-electron chi connectivity index (χ0n) is 13.7. The molecule has 0 aliphatic carbocycles. The van der Waals surface area contributed by atoms with Crippen molar-refractivity contribution in [1.82, 2.24) is 0 Å². The van der Waals surface area contributed by atoms with Gasteiger partial charge in [-0.25, -0.2) is 0 Å². The van der Waals surface area contributed by atoms with E-state index in [9.17, 15) is 0 Å². The van der Waals surface area contributed by atoms with Crippen LogP contribution < -0.4 is 0 Å². The van der Waals surface area contributed by atoms with Crippen LogP contribution in [0.4, 0.5) is 0 Å². The van der Waals surface area contributed by atoms with Gasteiger partial charge in [-0.1, -0.05) is 6.92 Å². The number of rotatable bonds is 10. The molecule has 0 aromatic heterocycles. The first kappa shape index (κ1) is 18.9. The lowest BCUT2D eigenvalue weighted by molar-refractivity contribution is -0.0848. The molecule has 3 nitrogen and oxygen atoms in total. The molecule has 0 aromatic rings. The van der Waals surface area contributed by atoms with Crippen molar-refractivity contribution in [1.29, 1.82) is 0 Å². The highest BCUT2D eigenvalue weighted by molar-refractivity contribution is 4.72. The fraction of sp³-hybridized carbons (Fsp3) is 1.00. The monoisotopic (exact) mass is 274 g/mol. The second-order valence-corrected chi connectivity index (χ2v) is 6.53. The summed E-state index contributed by atoms with van der Waals surface area (Å²) in [6.07, 6.45) is 4.41. The molecule has 0 radical (unpaired) electrons. The molecule has 3 heteroatoms. The van der Waals surface area contributed by atoms with Crippen molar-refractivity contribution in [2.75, 3.05) is 13.2 Å². The van der Waals surface area contributed by atoms with Crippen LogP contribution in [0, 0.1) is 5.92 Å². The molecule has 0 bridgehead atoms. The number of ether oxygens (including phenoxy) is 2. The van der Waals surface area contributed by atoms with Crippen LogP contribution in [0.15, 0.2) is 0 Å². The molecular formula is C16H34O3. The molecule has 0 saturated carbocycles. The van der Waals surface area contributed by atoms with Crippen molar-refractivity contribution in [3.63, 3.8) is 0 Å². The number of hydrogen-bond acceptors (Lipinski definition) is 3. The summed E-state index contributed by atoms with van der Waals surface area (Å²) in [7, 11) is 0. The van der Waals surface area contributed by atoms with E-state index in [-0.39, 0.29) is 24.4 Å². The van der Waals surface area contributed by atoms with Gasteiger partial charge in [0.2, 0.25) is 0 Å². The van der Waals surface area contributed by atoms with E-state index in [0.717, 1.165) is 32.3 Å². The van der Waals surface area contributed by atoms with Gasteiger partial charge < -0.3 is 14.6 Å². The van der Waals surface area contributed by atoms with E-state index in [0.29, 0.717) is 5.92 Å². The molecule has 0 rings (SSSR count). The van der Waals surface area contributed by atoms with Crippen molar-refractivity contribution in [3.8, 4) is 0 Å². The minimum absolute atomic E-state index is 0.0963. The standard InChI is InChI=1S/C16H34O3/c1-7-14(12-18-16(4,5)6)15(19-13(2)3)10-8-9-11-17/h13-15,17H,7-12H2,1-6H3/t14-,15?/m0/s1. The van der Waals surface area contributed by atoms with Crippen molar-refractivity contribution < 1.29 is 14.6 Å². The van der Waals surface area contributed by atoms with E-state index in [4.69, 9.17) is 14.6 Å². The average Bonchev–Trinajstić information content (AvgIpc) is 2.27. The highest BCUT2D eigenvalue weighted by Gasteiger charge is 2.24. The maximum absolute atomic E-state index is 8.90. The van der Waals surface area contributed by atoms with Crippen LogP contribution in [-0.4, -0.2) is 36.1 Å². The third kappa shape index (κ3) is 10.3. The van der Waals surface area contributed by atoms with Gasteiger partial charge in [-0.15, -0.1) is 0 Å². The van der Waals surface area contributed by atoms with Gasteiger partial charge in [-0.05, 0) is 60.3 Å². The van der Waals surface area contributed by atoms with Crippen molar-refractivity contribution in [2.24, 2.45) is 5.92 Å². The van der Waals surface area contributed by atoms with E-state index in [1.807, 2.05) is 0 Å². The Morgan fingerprint density at radius 3 is 2.16 bits per heavy atom. The van der Waals surface area contributed by atoms with Gasteiger partial charge in [-0.2, -0.15) is 0 Å². The van der Waals surface area contributed by atoms with Crippen molar-refractivity contribution in [3.05, 3.63) is 0 Å². The fourth-order valence-electron chi connectivity index (χ4n) is 2.07. The van der Waals surface area contributed by atoms with Crippen molar-refractivity contribution in [2.45, 2.75) is 85.0 Å². The molecule has 0 aliphatic rings. The molecule has 0 fully saturated rings. The second-order valence-electron chi connectivity index (χ2n) is 6.53. The normalized spacial score (nSPS) is 15.8. The van der Waals surface area contributed by atoms with Gasteiger partial charge >= 0.3 is 0 Å². The number of aliphatic hydroxyl groups is 1. The van der Waals surface area contributed by atoms with Gasteiger partial charge in [0.15, 0.2) is 0 Å². The Balaban J connectivity index is 4.39. The summed E-state index contributed by atoms with van der Waals surface area (Å²) in [6.45, 7) is 13.6. The minimum atomic E-state index is -0.0963. The summed E-state index contributed by atoms with van der Waals surface area (Å²) in [5.41, 5.74) is -0.0963. The molecule has 0 saturated heterocycles. The molecule has 116 valence electrons. The topological polar surface area (TPSA) is 38.7 Å². The number of unbranched alkanes of at least 4 members (excludes halogenated alkanes) is 1. The predicted octanol–water partition coefficient (Wildman–Crippen LogP) is 3.78. The van der Waals surface area contributed by atoms with Gasteiger partial charge in [0.05, 0.1) is 24.4 Å². The lowest BCUT2D eigenvalue weighted by atomic mass is 9.95. The summed E-state index contributed by atoms with van der Waals surface area (Å²) < 4.78 is 12.0. The average molecular weight is 274 g/mol. The van der Waals surface area contributed by atoms with E-state index in [2.05, 4.69) is 41.5 Å². The Morgan fingerprint density at radius 1 is 1.11 bits per heavy atom. The Labute approximate surface area is 119 Å². The lowest BCUT2D eigenvalue weighted by Crippen LogP contribution is -2.33. The molecular weight excluding hydrogens is 240 g/mol. The maximum Gasteiger partial charge on any atom is 0.0628 e. The highest BCUT2D eigenvalue weighted by atomic mass is 16.5. The Kier molecular flexibility index (Phi) is 9.67. The van der Waals surface area contributed by atoms with Crippen LogP contribution in [0.2, 0.25) is 0 Å². The summed E-state index contributed by atoms with van der Waals surface area (Å²) >= 11 is 0. The van der Waals surface area contributed by atoms with Gasteiger partial charge in [0.25, 0.3) is 0 Å². The quantitative estimate of drug-likeness (QED) is 0.616. The van der Waals surface area contributed by atoms with Crippen molar-refractivity contribution >= 4 is 0 Å². The van der Waals surface area contributed by atoms with Crippen LogP contribution in [0.5, 0.6) is 0 Å². The summed E-state index contributed by atoms with van der Waals surface area (Å²) in [6, 6.07) is 0. The largest absolute Gasteiger partial charge is 0.396 e. The van der Waals surface area contributed by atoms with Crippen LogP contribution in [0.25, 0.3) is 0 Å². The van der Waals surface area contributed by atoms with E-state index < -0.39 is 0 Å². The molecule has 1 unspecified atom stereocenters. The molecule has 1 N–H and O–H groups in total. The summed E-state index contributed by atoms with van der Waals surface area (Å²) in [5.74, 6) is 0.431. The Morgan fingerprint density at radius 2 is 1.74 bits per heavy atom.